The Morgan fingerprint density at radius 2 is 1.93 bits per heavy atom. The van der Waals surface area contributed by atoms with Gasteiger partial charge in [0, 0.05) is 39.1 Å². The van der Waals surface area contributed by atoms with Crippen LogP contribution in [0.25, 0.3) is 11.0 Å². The topological polar surface area (TPSA) is 33.1 Å². The van der Waals surface area contributed by atoms with Gasteiger partial charge in [-0.05, 0) is 23.8 Å². The molecule has 4 nitrogen and oxygen atoms in total. The van der Waals surface area contributed by atoms with Gasteiger partial charge in [-0.25, -0.2) is 13.8 Å². The Labute approximate surface area is 158 Å². The molecule has 1 saturated heterocycles. The molecule has 1 aliphatic carbocycles. The molecule has 150 valence electrons. The first-order chi connectivity index (χ1) is 13.3. The van der Waals surface area contributed by atoms with E-state index in [1.807, 2.05) is 4.90 Å². The van der Waals surface area contributed by atoms with Crippen LogP contribution in [-0.4, -0.2) is 41.9 Å². The lowest BCUT2D eigenvalue weighted by Gasteiger charge is -2.29. The zero-order valence-electron chi connectivity index (χ0n) is 14.9. The van der Waals surface area contributed by atoms with E-state index in [9.17, 15) is 22.0 Å². The van der Waals surface area contributed by atoms with Crippen molar-refractivity contribution in [2.24, 2.45) is 0 Å². The van der Waals surface area contributed by atoms with Crippen LogP contribution in [-0.2, 0) is 12.7 Å². The fourth-order valence-electron chi connectivity index (χ4n) is 3.66. The van der Waals surface area contributed by atoms with Crippen molar-refractivity contribution in [3.8, 4) is 0 Å². The van der Waals surface area contributed by atoms with Gasteiger partial charge in [-0.2, -0.15) is 13.2 Å². The molecule has 1 unspecified atom stereocenters. The Kier molecular flexibility index (Phi) is 4.86. The van der Waals surface area contributed by atoms with Crippen LogP contribution in [0, 0.1) is 0 Å². The molecule has 28 heavy (non-hydrogen) atoms. The molecule has 2 aromatic rings. The lowest BCUT2D eigenvalue weighted by Crippen LogP contribution is -2.43. The minimum Gasteiger partial charge on any atom is -0.367 e. The molecule has 1 aliphatic heterocycles. The van der Waals surface area contributed by atoms with E-state index in [2.05, 4.69) is 10.3 Å². The van der Waals surface area contributed by atoms with Gasteiger partial charge in [0.05, 0.1) is 11.2 Å². The highest BCUT2D eigenvalue weighted by Gasteiger charge is 2.38. The molecule has 2 aliphatic rings. The number of para-hydroxylation sites is 1. The Balaban J connectivity index is 1.80. The lowest BCUT2D eigenvalue weighted by atomic mass is 10.0. The van der Waals surface area contributed by atoms with E-state index in [1.54, 1.807) is 18.2 Å². The van der Waals surface area contributed by atoms with Crippen molar-refractivity contribution in [1.82, 2.24) is 14.9 Å². The fraction of sp³-hybridized carbons (Fsp3) is 0.421. The summed E-state index contributed by atoms with van der Waals surface area (Å²) in [5.74, 6) is -2.00. The van der Waals surface area contributed by atoms with Crippen LogP contribution in [0.5, 0.6) is 0 Å². The molecule has 1 fully saturated rings. The molecular formula is C19H19F5N4. The number of imidazole rings is 1. The third-order valence-corrected chi connectivity index (χ3v) is 5.02. The van der Waals surface area contributed by atoms with Crippen molar-refractivity contribution in [3.05, 3.63) is 47.6 Å². The number of benzene rings is 1. The van der Waals surface area contributed by atoms with Gasteiger partial charge in [0.25, 0.3) is 0 Å². The van der Waals surface area contributed by atoms with E-state index in [-0.39, 0.29) is 18.5 Å². The second-order valence-electron chi connectivity index (χ2n) is 6.91. The molecule has 0 spiro atoms. The van der Waals surface area contributed by atoms with Crippen LogP contribution >= 0.6 is 0 Å². The Morgan fingerprint density at radius 3 is 2.61 bits per heavy atom. The van der Waals surface area contributed by atoms with Crippen LogP contribution in [0.2, 0.25) is 0 Å². The van der Waals surface area contributed by atoms with Crippen LogP contribution in [0.3, 0.4) is 0 Å². The average molecular weight is 398 g/mol. The number of rotatable bonds is 3. The van der Waals surface area contributed by atoms with Gasteiger partial charge in [0.1, 0.15) is 11.3 Å². The quantitative estimate of drug-likeness (QED) is 0.794. The highest BCUT2D eigenvalue weighted by Crippen LogP contribution is 2.36. The number of hydrogen-bond acceptors (Lipinski definition) is 3. The monoisotopic (exact) mass is 398 g/mol. The summed E-state index contributed by atoms with van der Waals surface area (Å²) >= 11 is 0. The average Bonchev–Trinajstić information content (AvgIpc) is 3.04. The van der Waals surface area contributed by atoms with Crippen molar-refractivity contribution in [1.29, 1.82) is 0 Å². The smallest absolute Gasteiger partial charge is 0.367 e. The van der Waals surface area contributed by atoms with Gasteiger partial charge in [-0.3, -0.25) is 0 Å². The minimum absolute atomic E-state index is 0.183. The van der Waals surface area contributed by atoms with E-state index in [0.717, 1.165) is 23.7 Å². The molecule has 0 amide bonds. The van der Waals surface area contributed by atoms with Crippen LogP contribution in [0.1, 0.15) is 12.2 Å². The summed E-state index contributed by atoms with van der Waals surface area (Å²) in [6.07, 6.45) is -4.18. The SMILES string of the molecule is FC1=CC(Cn2c(C(F)(F)F)nc3c(N4CCNCC4)cccc32)=CCC1F. The largest absolute Gasteiger partial charge is 0.449 e. The summed E-state index contributed by atoms with van der Waals surface area (Å²) in [6.45, 7) is 2.60. The third-order valence-electron chi connectivity index (χ3n) is 5.02. The number of anilines is 1. The summed E-state index contributed by atoms with van der Waals surface area (Å²) in [5.41, 5.74) is 1.52. The van der Waals surface area contributed by atoms with Gasteiger partial charge in [-0.1, -0.05) is 12.1 Å². The molecule has 4 rings (SSSR count). The first-order valence-corrected chi connectivity index (χ1v) is 9.07. The zero-order chi connectivity index (χ0) is 19.9. The van der Waals surface area contributed by atoms with Crippen molar-refractivity contribution in [3.63, 3.8) is 0 Å². The molecule has 0 saturated carbocycles. The predicted octanol–water partition coefficient (Wildman–Crippen LogP) is 3.99. The number of nitrogens with one attached hydrogen (secondary N) is 1. The maximum atomic E-state index is 13.7. The summed E-state index contributed by atoms with van der Waals surface area (Å²) in [6, 6.07) is 5.03. The van der Waals surface area contributed by atoms with Gasteiger partial charge in [0.2, 0.25) is 5.82 Å². The molecule has 2 heterocycles. The van der Waals surface area contributed by atoms with Crippen LogP contribution in [0.15, 0.2) is 41.8 Å². The molecule has 1 atom stereocenters. The van der Waals surface area contributed by atoms with E-state index in [4.69, 9.17) is 0 Å². The Hall–Kier alpha value is -2.42. The highest BCUT2D eigenvalue weighted by molar-refractivity contribution is 5.89. The molecule has 1 aromatic heterocycles. The number of halogens is 5. The fourth-order valence-corrected chi connectivity index (χ4v) is 3.66. The third kappa shape index (κ3) is 3.50. The van der Waals surface area contributed by atoms with Gasteiger partial charge >= 0.3 is 6.18 Å². The number of nitrogens with zero attached hydrogens (tertiary/aromatic N) is 3. The maximum absolute atomic E-state index is 13.7. The molecule has 9 heteroatoms. The molecule has 0 radical (unpaired) electrons. The van der Waals surface area contributed by atoms with Crippen molar-refractivity contribution < 1.29 is 22.0 Å². The van der Waals surface area contributed by atoms with Crippen molar-refractivity contribution >= 4 is 16.7 Å². The number of allylic oxidation sites excluding steroid dienone is 4. The zero-order valence-corrected chi connectivity index (χ0v) is 14.9. The predicted molar refractivity (Wildman–Crippen MR) is 96.6 cm³/mol. The number of alkyl halides is 4. The van der Waals surface area contributed by atoms with E-state index in [0.29, 0.717) is 29.9 Å². The van der Waals surface area contributed by atoms with Crippen LogP contribution < -0.4 is 10.2 Å². The summed E-state index contributed by atoms with van der Waals surface area (Å²) in [4.78, 5) is 5.92. The normalized spacial score (nSPS) is 21.0. The highest BCUT2D eigenvalue weighted by atomic mass is 19.4. The van der Waals surface area contributed by atoms with Crippen molar-refractivity contribution in [2.45, 2.75) is 25.3 Å². The molecular weight excluding hydrogens is 379 g/mol. The van der Waals surface area contributed by atoms with Crippen molar-refractivity contribution in [2.75, 3.05) is 31.1 Å². The molecule has 1 N–H and O–H groups in total. The van der Waals surface area contributed by atoms with Crippen LogP contribution in [0.4, 0.5) is 27.6 Å². The first-order valence-electron chi connectivity index (χ1n) is 9.07. The minimum atomic E-state index is -4.67. The number of aromatic nitrogens is 2. The molecule has 1 aromatic carbocycles. The number of piperazine rings is 1. The van der Waals surface area contributed by atoms with E-state index >= 15 is 0 Å². The maximum Gasteiger partial charge on any atom is 0.449 e. The summed E-state index contributed by atoms with van der Waals surface area (Å²) < 4.78 is 69.0. The van der Waals surface area contributed by atoms with Gasteiger partial charge in [-0.15, -0.1) is 0 Å². The summed E-state index contributed by atoms with van der Waals surface area (Å²) in [5, 5.41) is 3.21. The van der Waals surface area contributed by atoms with Gasteiger partial charge < -0.3 is 14.8 Å². The Bertz CT molecular complexity index is 938. The first kappa shape index (κ1) is 18.9. The number of fused-ring (bicyclic) bond motifs is 1. The number of hydrogen-bond donors (Lipinski definition) is 1. The summed E-state index contributed by atoms with van der Waals surface area (Å²) in [7, 11) is 0. The van der Waals surface area contributed by atoms with E-state index < -0.39 is 24.0 Å². The van der Waals surface area contributed by atoms with Gasteiger partial charge in [0.15, 0.2) is 6.17 Å². The second-order valence-corrected chi connectivity index (χ2v) is 6.91. The second kappa shape index (κ2) is 7.20. The Morgan fingerprint density at radius 1 is 1.18 bits per heavy atom. The lowest BCUT2D eigenvalue weighted by molar-refractivity contribution is -0.146. The standard InChI is InChI=1S/C19H19F5N4/c20-13-5-4-12(10-14(13)21)11-28-16-3-1-2-15(27-8-6-25-7-9-27)17(16)26-18(28)19(22,23)24/h1-4,10,13,25H,5-9,11H2. The molecule has 0 bridgehead atoms. The van der Waals surface area contributed by atoms with E-state index in [1.165, 1.54) is 6.08 Å².